The minimum absolute atomic E-state index is 0.0310. The number of quaternary nitrogens is 1. The number of carbonyl (C=O) groups excluding carboxylic acids is 2. The van der Waals surface area contributed by atoms with E-state index in [2.05, 4.69) is 38.2 Å². The molecule has 0 saturated carbocycles. The molecule has 0 spiro atoms. The lowest BCUT2D eigenvalue weighted by Crippen LogP contribution is -2.37. The zero-order valence-electron chi connectivity index (χ0n) is 38.5. The van der Waals surface area contributed by atoms with Crippen LogP contribution in [0, 0.1) is 0 Å². The Morgan fingerprint density at radius 3 is 1.28 bits per heavy atom. The molecule has 0 aromatic heterocycles. The van der Waals surface area contributed by atoms with Gasteiger partial charge >= 0.3 is 11.9 Å². The predicted molar refractivity (Wildman–Crippen MR) is 241 cm³/mol. The van der Waals surface area contributed by atoms with Gasteiger partial charge in [0.25, 0.3) is 7.82 Å². The third kappa shape index (κ3) is 44.1. The topological polar surface area (TPSA) is 111 Å². The van der Waals surface area contributed by atoms with Gasteiger partial charge in [-0.15, -0.1) is 0 Å². The fraction of sp³-hybridized carbons (Fsp3) is 0.875. The molecule has 0 bridgehead atoms. The van der Waals surface area contributed by atoms with Gasteiger partial charge in [0.2, 0.25) is 0 Å². The van der Waals surface area contributed by atoms with Crippen molar-refractivity contribution in [3.8, 4) is 0 Å². The molecule has 0 amide bonds. The molecule has 0 aromatic rings. The summed E-state index contributed by atoms with van der Waals surface area (Å²) in [6.07, 6.45) is 44.8. The number of ether oxygens (including phenoxy) is 2. The highest BCUT2D eigenvalue weighted by Crippen LogP contribution is 2.38. The van der Waals surface area contributed by atoms with E-state index in [9.17, 15) is 19.0 Å². The van der Waals surface area contributed by atoms with Crippen molar-refractivity contribution in [1.82, 2.24) is 0 Å². The maximum Gasteiger partial charge on any atom is 0.306 e. The van der Waals surface area contributed by atoms with Gasteiger partial charge in [0.1, 0.15) is 19.8 Å². The van der Waals surface area contributed by atoms with Crippen molar-refractivity contribution in [2.45, 2.75) is 225 Å². The van der Waals surface area contributed by atoms with Crippen LogP contribution in [0.5, 0.6) is 0 Å². The number of nitrogens with zero attached hydrogens (tertiary/aromatic N) is 1. The molecule has 0 aliphatic rings. The number of esters is 2. The fourth-order valence-electron chi connectivity index (χ4n) is 6.64. The van der Waals surface area contributed by atoms with Gasteiger partial charge in [0.15, 0.2) is 6.10 Å². The van der Waals surface area contributed by atoms with Crippen molar-refractivity contribution in [2.75, 3.05) is 47.5 Å². The Hall–Kier alpha value is -1.51. The molecular formula is C48H92NO8P. The van der Waals surface area contributed by atoms with Crippen LogP contribution in [0.1, 0.15) is 219 Å². The summed E-state index contributed by atoms with van der Waals surface area (Å²) in [4.78, 5) is 37.6. The number of allylic oxidation sites excluding steroid dienone is 4. The summed E-state index contributed by atoms with van der Waals surface area (Å²) in [7, 11) is 1.17. The third-order valence-corrected chi connectivity index (χ3v) is 11.4. The molecule has 0 aromatic carbocycles. The van der Waals surface area contributed by atoms with Gasteiger partial charge in [-0.05, 0) is 64.2 Å². The monoisotopic (exact) mass is 842 g/mol. The van der Waals surface area contributed by atoms with E-state index in [4.69, 9.17) is 18.5 Å². The molecule has 10 heteroatoms. The zero-order chi connectivity index (χ0) is 42.8. The normalized spacial score (nSPS) is 13.7. The Bertz CT molecular complexity index is 1040. The Labute approximate surface area is 358 Å². The summed E-state index contributed by atoms with van der Waals surface area (Å²) >= 11 is 0. The minimum atomic E-state index is -4.63. The number of carbonyl (C=O) groups is 2. The summed E-state index contributed by atoms with van der Waals surface area (Å²) in [5.74, 6) is -0.837. The molecule has 0 N–H and O–H groups in total. The number of hydrogen-bond acceptors (Lipinski definition) is 8. The van der Waals surface area contributed by atoms with Crippen LogP contribution in [0.15, 0.2) is 24.3 Å². The van der Waals surface area contributed by atoms with Crippen molar-refractivity contribution < 1.29 is 42.1 Å². The number of hydrogen-bond donors (Lipinski definition) is 0. The summed E-state index contributed by atoms with van der Waals surface area (Å²) < 4.78 is 34.0. The fourth-order valence-corrected chi connectivity index (χ4v) is 7.37. The van der Waals surface area contributed by atoms with Crippen LogP contribution >= 0.6 is 7.82 Å². The van der Waals surface area contributed by atoms with Crippen LogP contribution in [-0.4, -0.2) is 70.0 Å². The second kappa shape index (κ2) is 40.9. The van der Waals surface area contributed by atoms with Gasteiger partial charge in [-0.25, -0.2) is 0 Å². The van der Waals surface area contributed by atoms with Gasteiger partial charge in [0.05, 0.1) is 27.7 Å². The standard InChI is InChI=1S/C48H92NO8P/c1-6-8-10-12-14-16-18-20-22-24-26-28-30-32-34-36-38-40-47(50)54-44-46(45-56-58(52,53)55-43-42-49(3,4)5)57-48(51)41-39-37-35-33-31-29-27-25-23-21-19-17-15-13-11-9-7-2/h20-23,46H,6-19,24-45H2,1-5H3/b22-20-,23-21-. The molecule has 0 saturated heterocycles. The van der Waals surface area contributed by atoms with Crippen molar-refractivity contribution in [2.24, 2.45) is 0 Å². The second-order valence-electron chi connectivity index (χ2n) is 17.5. The lowest BCUT2D eigenvalue weighted by atomic mass is 10.1. The maximum atomic E-state index is 12.7. The van der Waals surface area contributed by atoms with Gasteiger partial charge in [-0.2, -0.15) is 0 Å². The Morgan fingerprint density at radius 2 is 0.879 bits per heavy atom. The molecule has 0 fully saturated rings. The summed E-state index contributed by atoms with van der Waals surface area (Å²) in [5.41, 5.74) is 0. The van der Waals surface area contributed by atoms with Gasteiger partial charge in [-0.1, -0.05) is 167 Å². The highest BCUT2D eigenvalue weighted by molar-refractivity contribution is 7.45. The molecule has 2 atom stereocenters. The minimum Gasteiger partial charge on any atom is -0.756 e. The maximum absolute atomic E-state index is 12.7. The molecule has 0 aliphatic heterocycles. The number of rotatable bonds is 44. The highest BCUT2D eigenvalue weighted by Gasteiger charge is 2.21. The first-order valence-corrected chi connectivity index (χ1v) is 25.5. The smallest absolute Gasteiger partial charge is 0.306 e. The first kappa shape index (κ1) is 56.5. The van der Waals surface area contributed by atoms with Gasteiger partial charge in [0, 0.05) is 12.8 Å². The molecule has 342 valence electrons. The van der Waals surface area contributed by atoms with Crippen molar-refractivity contribution >= 4 is 19.8 Å². The Morgan fingerprint density at radius 1 is 0.517 bits per heavy atom. The molecule has 0 radical (unpaired) electrons. The van der Waals surface area contributed by atoms with E-state index in [0.29, 0.717) is 17.4 Å². The van der Waals surface area contributed by atoms with E-state index < -0.39 is 26.5 Å². The average Bonchev–Trinajstić information content (AvgIpc) is 3.17. The van der Waals surface area contributed by atoms with Crippen molar-refractivity contribution in [3.05, 3.63) is 24.3 Å². The number of phosphoric ester groups is 1. The highest BCUT2D eigenvalue weighted by atomic mass is 31.2. The first-order valence-electron chi connectivity index (χ1n) is 24.0. The largest absolute Gasteiger partial charge is 0.756 e. The Kier molecular flexibility index (Phi) is 39.8. The zero-order valence-corrected chi connectivity index (χ0v) is 39.4. The van der Waals surface area contributed by atoms with Crippen LogP contribution in [0.4, 0.5) is 0 Å². The van der Waals surface area contributed by atoms with Gasteiger partial charge < -0.3 is 27.9 Å². The molecule has 58 heavy (non-hydrogen) atoms. The SMILES string of the molecule is CCCCCCCC/C=C\CCCCCCCCCC(=O)OCC(COP(=O)([O-])OCC[N+](C)(C)C)OC(=O)CCCCCCCCC/C=C\CCCCCCCC. The lowest BCUT2D eigenvalue weighted by Gasteiger charge is -2.28. The van der Waals surface area contributed by atoms with E-state index in [1.54, 1.807) is 0 Å². The van der Waals surface area contributed by atoms with E-state index in [1.807, 2.05) is 21.1 Å². The van der Waals surface area contributed by atoms with Crippen molar-refractivity contribution in [1.29, 1.82) is 0 Å². The lowest BCUT2D eigenvalue weighted by molar-refractivity contribution is -0.870. The molecule has 0 aliphatic carbocycles. The van der Waals surface area contributed by atoms with Crippen LogP contribution in [-0.2, 0) is 32.7 Å². The summed E-state index contributed by atoms with van der Waals surface area (Å²) in [6, 6.07) is 0. The summed E-state index contributed by atoms with van der Waals surface area (Å²) in [5, 5.41) is 0. The molecule has 9 nitrogen and oxygen atoms in total. The number of unbranched alkanes of at least 4 members (excludes halogenated alkanes) is 26. The van der Waals surface area contributed by atoms with Crippen LogP contribution in [0.3, 0.4) is 0 Å². The second-order valence-corrected chi connectivity index (χ2v) is 18.9. The van der Waals surface area contributed by atoms with Crippen molar-refractivity contribution in [3.63, 3.8) is 0 Å². The van der Waals surface area contributed by atoms with E-state index in [-0.39, 0.29) is 32.0 Å². The molecule has 0 rings (SSSR count). The van der Waals surface area contributed by atoms with Crippen LogP contribution in [0.2, 0.25) is 0 Å². The third-order valence-electron chi connectivity index (χ3n) is 10.4. The van der Waals surface area contributed by atoms with Gasteiger partial charge in [-0.3, -0.25) is 14.2 Å². The quantitative estimate of drug-likeness (QED) is 0.0196. The predicted octanol–water partition coefficient (Wildman–Crippen LogP) is 13.3. The Balaban J connectivity index is 4.30. The molecule has 2 unspecified atom stereocenters. The first-order chi connectivity index (χ1) is 28.0. The molecular weight excluding hydrogens is 750 g/mol. The van der Waals surface area contributed by atoms with Crippen LogP contribution < -0.4 is 4.89 Å². The number of likely N-dealkylation sites (N-methyl/N-ethyl adjacent to an activating group) is 1. The van der Waals surface area contributed by atoms with E-state index in [1.165, 1.54) is 128 Å². The number of phosphoric acid groups is 1. The molecule has 0 heterocycles. The summed E-state index contributed by atoms with van der Waals surface area (Å²) in [6.45, 7) is 4.23. The van der Waals surface area contributed by atoms with E-state index in [0.717, 1.165) is 57.8 Å². The van der Waals surface area contributed by atoms with E-state index >= 15 is 0 Å². The average molecular weight is 842 g/mol. The van der Waals surface area contributed by atoms with Crippen LogP contribution in [0.25, 0.3) is 0 Å².